The Labute approximate surface area is 120 Å². The van der Waals surface area contributed by atoms with Crippen molar-refractivity contribution in [1.29, 1.82) is 0 Å². The van der Waals surface area contributed by atoms with E-state index in [0.717, 1.165) is 13.0 Å². The minimum absolute atomic E-state index is 0.0429. The summed E-state index contributed by atoms with van der Waals surface area (Å²) in [6, 6.07) is 0. The Hall–Kier alpha value is 0.190. The molecule has 0 unspecified atom stereocenters. The third-order valence-corrected chi connectivity index (χ3v) is 10.3. The molecule has 0 saturated carbocycles. The van der Waals surface area contributed by atoms with Gasteiger partial charge < -0.3 is 4.57 Å². The Kier molecular flexibility index (Phi) is 5.72. The van der Waals surface area contributed by atoms with Gasteiger partial charge in [-0.2, -0.15) is 0 Å². The topological polar surface area (TPSA) is 29.1 Å². The van der Waals surface area contributed by atoms with Crippen molar-refractivity contribution in [2.75, 3.05) is 6.54 Å². The van der Waals surface area contributed by atoms with Crippen molar-refractivity contribution in [2.45, 2.75) is 90.4 Å². The molecule has 0 amide bonds. The molecule has 1 aliphatic rings. The van der Waals surface area contributed by atoms with Crippen LogP contribution in [0, 0.1) is 5.92 Å². The summed E-state index contributed by atoms with van der Waals surface area (Å²) in [7, 11) is -2.27. The highest BCUT2D eigenvalue weighted by atomic mass is 31.2. The van der Waals surface area contributed by atoms with E-state index in [-0.39, 0.29) is 10.3 Å². The number of rotatable bonds is 8. The number of hydrogen-bond acceptors (Lipinski definition) is 1. The van der Waals surface area contributed by atoms with Crippen LogP contribution >= 0.6 is 7.29 Å². The van der Waals surface area contributed by atoms with Crippen LogP contribution in [0.15, 0.2) is 0 Å². The minimum Gasteiger partial charge on any atom is -0.306 e. The van der Waals surface area contributed by atoms with Crippen molar-refractivity contribution in [1.82, 2.24) is 5.09 Å². The van der Waals surface area contributed by atoms with Crippen LogP contribution in [0.25, 0.3) is 0 Å². The van der Waals surface area contributed by atoms with Crippen LogP contribution in [0.5, 0.6) is 0 Å². The predicted molar refractivity (Wildman–Crippen MR) is 86.3 cm³/mol. The van der Waals surface area contributed by atoms with E-state index in [1.807, 2.05) is 0 Å². The normalized spacial score (nSPS) is 32.0. The van der Waals surface area contributed by atoms with Crippen LogP contribution in [-0.4, -0.2) is 16.9 Å². The van der Waals surface area contributed by atoms with Crippen LogP contribution < -0.4 is 5.09 Å². The quantitative estimate of drug-likeness (QED) is 0.477. The molecular weight excluding hydrogens is 253 g/mol. The lowest BCUT2D eigenvalue weighted by Crippen LogP contribution is -2.61. The molecule has 3 heteroatoms. The molecule has 1 rings (SSSR count). The average Bonchev–Trinajstić information content (AvgIpc) is 2.35. The Morgan fingerprint density at radius 2 is 1.42 bits per heavy atom. The SMILES string of the molecule is CCCCCCCCNP1(=O)C(C)(C)C(C)C1(C)C. The summed E-state index contributed by atoms with van der Waals surface area (Å²) in [5, 5.41) is 3.37. The van der Waals surface area contributed by atoms with Crippen molar-refractivity contribution in [3.05, 3.63) is 0 Å². The third kappa shape index (κ3) is 2.95. The fraction of sp³-hybridized carbons (Fsp3) is 1.00. The van der Waals surface area contributed by atoms with E-state index in [9.17, 15) is 4.57 Å². The lowest BCUT2D eigenvalue weighted by molar-refractivity contribution is 0.262. The Bertz CT molecular complexity index is 316. The van der Waals surface area contributed by atoms with E-state index in [1.54, 1.807) is 0 Å². The van der Waals surface area contributed by atoms with Gasteiger partial charge in [-0.3, -0.25) is 5.09 Å². The maximum Gasteiger partial charge on any atom is 0.159 e. The fourth-order valence-corrected chi connectivity index (χ4v) is 7.94. The van der Waals surface area contributed by atoms with Crippen LogP contribution in [0.1, 0.15) is 80.1 Å². The Balaban J connectivity index is 2.34. The standard InChI is InChI=1S/C16H34NOP/c1-7-8-9-10-11-12-13-17-19(18)15(3,4)14(2)16(19,5)6/h14H,7-13H2,1-6H3,(H,17,18). The highest BCUT2D eigenvalue weighted by molar-refractivity contribution is 7.66. The van der Waals surface area contributed by atoms with Gasteiger partial charge in [-0.05, 0) is 12.3 Å². The predicted octanol–water partition coefficient (Wildman–Crippen LogP) is 5.42. The van der Waals surface area contributed by atoms with Crippen LogP contribution in [0.4, 0.5) is 0 Å². The monoisotopic (exact) mass is 287 g/mol. The van der Waals surface area contributed by atoms with E-state index in [2.05, 4.69) is 46.6 Å². The van der Waals surface area contributed by atoms with Crippen LogP contribution in [0.3, 0.4) is 0 Å². The molecule has 0 atom stereocenters. The van der Waals surface area contributed by atoms with Crippen molar-refractivity contribution in [3.63, 3.8) is 0 Å². The summed E-state index contributed by atoms with van der Waals surface area (Å²) in [6.45, 7) is 14.1. The Morgan fingerprint density at radius 3 is 1.95 bits per heavy atom. The van der Waals surface area contributed by atoms with Gasteiger partial charge in [0, 0.05) is 16.9 Å². The molecular formula is C16H34NOP. The van der Waals surface area contributed by atoms with E-state index in [0.29, 0.717) is 5.92 Å². The molecule has 0 aromatic rings. The molecule has 1 heterocycles. The van der Waals surface area contributed by atoms with Gasteiger partial charge in [0.25, 0.3) is 0 Å². The van der Waals surface area contributed by atoms with Crippen LogP contribution in [0.2, 0.25) is 0 Å². The lowest BCUT2D eigenvalue weighted by atomic mass is 9.83. The molecule has 1 saturated heterocycles. The first-order valence-corrected chi connectivity index (χ1v) is 9.78. The highest BCUT2D eigenvalue weighted by Crippen LogP contribution is 2.79. The van der Waals surface area contributed by atoms with Crippen molar-refractivity contribution >= 4 is 7.29 Å². The smallest absolute Gasteiger partial charge is 0.159 e. The fourth-order valence-electron chi connectivity index (χ4n) is 3.64. The van der Waals surface area contributed by atoms with Gasteiger partial charge in [-0.25, -0.2) is 0 Å². The molecule has 0 aromatic heterocycles. The zero-order valence-corrected chi connectivity index (χ0v) is 14.8. The van der Waals surface area contributed by atoms with Gasteiger partial charge in [0.2, 0.25) is 0 Å². The first-order valence-electron chi connectivity index (χ1n) is 8.07. The van der Waals surface area contributed by atoms with E-state index >= 15 is 0 Å². The van der Waals surface area contributed by atoms with E-state index in [1.165, 1.54) is 32.1 Å². The second-order valence-electron chi connectivity index (χ2n) is 7.31. The maximum absolute atomic E-state index is 13.2. The first kappa shape index (κ1) is 17.2. The molecule has 0 aliphatic carbocycles. The molecule has 1 fully saturated rings. The van der Waals surface area contributed by atoms with Gasteiger partial charge in [-0.1, -0.05) is 73.6 Å². The van der Waals surface area contributed by atoms with Gasteiger partial charge in [0.15, 0.2) is 7.29 Å². The van der Waals surface area contributed by atoms with Crippen molar-refractivity contribution in [3.8, 4) is 0 Å². The van der Waals surface area contributed by atoms with Crippen molar-refractivity contribution < 1.29 is 4.57 Å². The summed E-state index contributed by atoms with van der Waals surface area (Å²) >= 11 is 0. The third-order valence-electron chi connectivity index (χ3n) is 5.61. The summed E-state index contributed by atoms with van der Waals surface area (Å²) < 4.78 is 13.2. The lowest BCUT2D eigenvalue weighted by Gasteiger charge is -2.62. The van der Waals surface area contributed by atoms with Gasteiger partial charge in [0.1, 0.15) is 0 Å². The molecule has 0 radical (unpaired) electrons. The summed E-state index contributed by atoms with van der Waals surface area (Å²) in [4.78, 5) is 0. The summed E-state index contributed by atoms with van der Waals surface area (Å²) in [5.74, 6) is 0.517. The van der Waals surface area contributed by atoms with E-state index < -0.39 is 7.29 Å². The number of unbranched alkanes of at least 4 members (excludes halogenated alkanes) is 5. The molecule has 0 spiro atoms. The van der Waals surface area contributed by atoms with Gasteiger partial charge in [-0.15, -0.1) is 0 Å². The largest absolute Gasteiger partial charge is 0.306 e. The molecule has 114 valence electrons. The van der Waals surface area contributed by atoms with Crippen LogP contribution in [-0.2, 0) is 4.57 Å². The molecule has 0 bridgehead atoms. The maximum atomic E-state index is 13.2. The first-order chi connectivity index (χ1) is 8.72. The zero-order chi connectivity index (χ0) is 14.7. The summed E-state index contributed by atoms with van der Waals surface area (Å²) in [6.07, 6.45) is 7.75. The highest BCUT2D eigenvalue weighted by Gasteiger charge is 2.67. The number of hydrogen-bond donors (Lipinski definition) is 1. The average molecular weight is 287 g/mol. The van der Waals surface area contributed by atoms with Gasteiger partial charge >= 0.3 is 0 Å². The number of nitrogens with one attached hydrogen (secondary N) is 1. The molecule has 1 N–H and O–H groups in total. The molecule has 19 heavy (non-hydrogen) atoms. The van der Waals surface area contributed by atoms with Gasteiger partial charge in [0.05, 0.1) is 0 Å². The van der Waals surface area contributed by atoms with Crippen molar-refractivity contribution in [2.24, 2.45) is 5.92 Å². The molecule has 1 aliphatic heterocycles. The van der Waals surface area contributed by atoms with E-state index in [4.69, 9.17) is 0 Å². The molecule has 2 nitrogen and oxygen atoms in total. The molecule has 0 aromatic carbocycles. The second kappa shape index (κ2) is 6.31. The second-order valence-corrected chi connectivity index (χ2v) is 11.2. The minimum atomic E-state index is -2.27. The summed E-state index contributed by atoms with van der Waals surface area (Å²) in [5.41, 5.74) is 0. The zero-order valence-electron chi connectivity index (χ0n) is 13.9. The Morgan fingerprint density at radius 1 is 0.947 bits per heavy atom.